The number of allylic oxidation sites excluding steroid dienone is 2. The second-order valence-electron chi connectivity index (χ2n) is 16.2. The van der Waals surface area contributed by atoms with Crippen molar-refractivity contribution in [2.75, 3.05) is 31.7 Å². The van der Waals surface area contributed by atoms with Crippen LogP contribution in [0.5, 0.6) is 23.0 Å². The predicted octanol–water partition coefficient (Wildman–Crippen LogP) is 8.85. The average molecular weight is 895 g/mol. The van der Waals surface area contributed by atoms with Crippen LogP contribution >= 0.6 is 15.9 Å². The number of amides is 4. The molecule has 11 nitrogen and oxygen atoms in total. The summed E-state index contributed by atoms with van der Waals surface area (Å²) in [5.74, 6) is -3.85. The maximum atomic E-state index is 15.5. The maximum absolute atomic E-state index is 15.5. The van der Waals surface area contributed by atoms with Gasteiger partial charge in [-0.3, -0.25) is 29.5 Å². The lowest BCUT2D eigenvalue weighted by atomic mass is 9.49. The molecule has 2 aliphatic heterocycles. The zero-order chi connectivity index (χ0) is 43.4. The second kappa shape index (κ2) is 16.0. The number of aryl methyl sites for hydroxylation is 1. The van der Waals surface area contributed by atoms with Gasteiger partial charge in [0.25, 0.3) is 11.8 Å². The molecule has 4 aliphatic rings. The maximum Gasteiger partial charge on any atom is 0.260 e. The van der Waals surface area contributed by atoms with Gasteiger partial charge in [-0.2, -0.15) is 5.01 Å². The van der Waals surface area contributed by atoms with Crippen LogP contribution in [0.1, 0.15) is 46.6 Å². The second-order valence-corrected chi connectivity index (χ2v) is 17.0. The van der Waals surface area contributed by atoms with Crippen molar-refractivity contribution < 1.29 is 38.5 Å². The average Bonchev–Trinajstić information content (AvgIpc) is 3.67. The molecule has 5 aromatic carbocycles. The summed E-state index contributed by atoms with van der Waals surface area (Å²) in [6, 6.07) is 33.0. The number of fused-ring (bicyclic) bond motifs is 4. The van der Waals surface area contributed by atoms with Gasteiger partial charge in [-0.1, -0.05) is 84.0 Å². The van der Waals surface area contributed by atoms with Gasteiger partial charge in [0.1, 0.15) is 11.5 Å². The molecule has 2 aliphatic carbocycles. The van der Waals surface area contributed by atoms with Crippen molar-refractivity contribution in [3.63, 3.8) is 0 Å². The number of benzene rings is 5. The Hall–Kier alpha value is -6.66. The predicted molar refractivity (Wildman–Crippen MR) is 239 cm³/mol. The van der Waals surface area contributed by atoms with Gasteiger partial charge < -0.3 is 19.3 Å². The molecule has 2 heterocycles. The zero-order valence-corrected chi connectivity index (χ0v) is 36.1. The molecule has 5 aromatic rings. The van der Waals surface area contributed by atoms with Crippen molar-refractivity contribution >= 4 is 63.1 Å². The van der Waals surface area contributed by atoms with E-state index in [-0.39, 0.29) is 36.2 Å². The highest BCUT2D eigenvalue weighted by atomic mass is 79.9. The number of ether oxygens (including phenoxy) is 3. The van der Waals surface area contributed by atoms with Crippen LogP contribution in [-0.4, -0.2) is 55.1 Å². The summed E-state index contributed by atoms with van der Waals surface area (Å²) in [5.41, 5.74) is 7.40. The number of nitrogens with one attached hydrogen (secondary N) is 1. The summed E-state index contributed by atoms with van der Waals surface area (Å²) < 4.78 is 16.9. The highest BCUT2D eigenvalue weighted by Crippen LogP contribution is 2.64. The number of carbonyl (C=O) groups excluding carboxylic acids is 4. The molecule has 2 N–H and O–H groups in total. The third-order valence-electron chi connectivity index (χ3n) is 13.0. The minimum Gasteiger partial charge on any atom is -0.503 e. The molecule has 4 amide bonds. The standard InChI is InChI=1S/C50H44BrN3O8/c1-28-10-16-33(17-11-28)52-54-47(57)39-27-38-36(44(31-25-40(51)45(55)42(26-31)62-4)50(39,49(54)59)32-8-6-5-7-9-32)21-22-37-43(38)48(58)53(46(37)56)34-18-13-29(14-19-34)12-15-30-24-35(60-2)20-23-41(30)61-3/h5-21,23-26,37-39,43-44,52,55H,22,27H2,1-4H3. The fraction of sp³-hybridized carbons (Fsp3) is 0.240. The number of rotatable bonds is 10. The highest BCUT2D eigenvalue weighted by Gasteiger charge is 2.70. The number of halogens is 1. The third-order valence-corrected chi connectivity index (χ3v) is 13.6. The first-order valence-corrected chi connectivity index (χ1v) is 21.2. The minimum absolute atomic E-state index is 0.114. The number of carbonyl (C=O) groups is 4. The Balaban J connectivity index is 1.12. The number of anilines is 2. The van der Waals surface area contributed by atoms with Crippen LogP contribution < -0.4 is 24.5 Å². The van der Waals surface area contributed by atoms with Crippen LogP contribution in [0.25, 0.3) is 12.2 Å². The van der Waals surface area contributed by atoms with Crippen molar-refractivity contribution in [2.45, 2.75) is 31.1 Å². The van der Waals surface area contributed by atoms with E-state index in [1.807, 2.05) is 110 Å². The van der Waals surface area contributed by atoms with Gasteiger partial charge in [0.05, 0.1) is 60.3 Å². The van der Waals surface area contributed by atoms with E-state index in [0.717, 1.165) is 27.3 Å². The molecule has 3 fully saturated rings. The Kier molecular flexibility index (Phi) is 10.5. The Morgan fingerprint density at radius 1 is 0.774 bits per heavy atom. The first-order chi connectivity index (χ1) is 30.0. The molecule has 62 heavy (non-hydrogen) atoms. The summed E-state index contributed by atoms with van der Waals surface area (Å²) in [7, 11) is 4.66. The smallest absolute Gasteiger partial charge is 0.260 e. The monoisotopic (exact) mass is 893 g/mol. The highest BCUT2D eigenvalue weighted by molar-refractivity contribution is 9.10. The summed E-state index contributed by atoms with van der Waals surface area (Å²) in [6.07, 6.45) is 6.24. The molecule has 0 aromatic heterocycles. The van der Waals surface area contributed by atoms with Gasteiger partial charge in [-0.15, -0.1) is 0 Å². The molecule has 12 heteroatoms. The van der Waals surface area contributed by atoms with Crippen molar-refractivity contribution in [3.8, 4) is 23.0 Å². The molecular weight excluding hydrogens is 850 g/mol. The Bertz CT molecular complexity index is 2680. The van der Waals surface area contributed by atoms with Gasteiger partial charge in [0.2, 0.25) is 11.8 Å². The number of phenolic OH excluding ortho intramolecular Hbond substituents is 1. The van der Waals surface area contributed by atoms with E-state index in [4.69, 9.17) is 14.2 Å². The fourth-order valence-corrected chi connectivity index (χ4v) is 10.6. The summed E-state index contributed by atoms with van der Waals surface area (Å²) in [5, 5.41) is 12.1. The Morgan fingerprint density at radius 3 is 2.19 bits per heavy atom. The summed E-state index contributed by atoms with van der Waals surface area (Å²) in [4.78, 5) is 61.1. The van der Waals surface area contributed by atoms with E-state index >= 15 is 9.59 Å². The van der Waals surface area contributed by atoms with E-state index < -0.39 is 46.8 Å². The molecule has 6 atom stereocenters. The molecule has 9 rings (SSSR count). The SMILES string of the molecule is COc1ccc(OC)c(C=Cc2ccc(N3C(=O)C4CC=C5C(CC6C(=O)N(Nc7ccc(C)cc7)C(=O)C6(c6ccccc6)C5c5cc(Br)c(O)c(OC)c5)C4C3=O)cc2)c1. The number of methoxy groups -OCH3 is 3. The molecule has 1 saturated carbocycles. The summed E-state index contributed by atoms with van der Waals surface area (Å²) in [6.45, 7) is 1.96. The summed E-state index contributed by atoms with van der Waals surface area (Å²) >= 11 is 3.52. The number of hydrogen-bond donors (Lipinski definition) is 2. The van der Waals surface area contributed by atoms with E-state index in [1.165, 1.54) is 12.0 Å². The van der Waals surface area contributed by atoms with Gasteiger partial charge in [0, 0.05) is 11.5 Å². The minimum atomic E-state index is -1.48. The topological polar surface area (TPSA) is 135 Å². The van der Waals surface area contributed by atoms with Gasteiger partial charge in [-0.25, -0.2) is 0 Å². The van der Waals surface area contributed by atoms with E-state index in [9.17, 15) is 14.7 Å². The Labute approximate surface area is 367 Å². The molecule has 2 saturated heterocycles. The number of hydrazine groups is 1. The zero-order valence-electron chi connectivity index (χ0n) is 34.5. The molecule has 0 spiro atoms. The lowest BCUT2D eigenvalue weighted by Gasteiger charge is -2.50. The third kappa shape index (κ3) is 6.47. The van der Waals surface area contributed by atoms with Crippen LogP contribution in [0.2, 0.25) is 0 Å². The molecular formula is C50H44BrN3O8. The molecule has 0 radical (unpaired) electrons. The van der Waals surface area contributed by atoms with Gasteiger partial charge in [-0.05, 0) is 113 Å². The van der Waals surface area contributed by atoms with Crippen molar-refractivity contribution in [1.82, 2.24) is 5.01 Å². The van der Waals surface area contributed by atoms with E-state index in [0.29, 0.717) is 38.5 Å². The van der Waals surface area contributed by atoms with E-state index in [2.05, 4.69) is 21.4 Å². The largest absolute Gasteiger partial charge is 0.503 e. The van der Waals surface area contributed by atoms with Crippen LogP contribution in [0, 0.1) is 30.6 Å². The molecule has 314 valence electrons. The number of aromatic hydroxyl groups is 1. The normalized spacial score (nSPS) is 24.1. The molecule has 6 unspecified atom stereocenters. The van der Waals surface area contributed by atoms with Crippen LogP contribution in [-0.2, 0) is 24.6 Å². The number of nitrogens with zero attached hydrogens (tertiary/aromatic N) is 2. The van der Waals surface area contributed by atoms with Crippen molar-refractivity contribution in [3.05, 3.63) is 153 Å². The van der Waals surface area contributed by atoms with Crippen LogP contribution in [0.4, 0.5) is 11.4 Å². The first kappa shape index (κ1) is 40.7. The van der Waals surface area contributed by atoms with Gasteiger partial charge >= 0.3 is 0 Å². The number of imide groups is 2. The first-order valence-electron chi connectivity index (χ1n) is 20.4. The van der Waals surface area contributed by atoms with Crippen LogP contribution in [0.15, 0.2) is 125 Å². The quantitative estimate of drug-likeness (QED) is 0.0802. The van der Waals surface area contributed by atoms with Crippen molar-refractivity contribution in [1.29, 1.82) is 0 Å². The van der Waals surface area contributed by atoms with Crippen molar-refractivity contribution in [2.24, 2.45) is 23.7 Å². The lowest BCUT2D eigenvalue weighted by molar-refractivity contribution is -0.138. The lowest BCUT2D eigenvalue weighted by Crippen LogP contribution is -2.53. The van der Waals surface area contributed by atoms with Gasteiger partial charge in [0.15, 0.2) is 11.5 Å². The number of hydrogen-bond acceptors (Lipinski definition) is 9. The fourth-order valence-electron chi connectivity index (χ4n) is 10.2. The van der Waals surface area contributed by atoms with Crippen LogP contribution in [0.3, 0.4) is 0 Å². The van der Waals surface area contributed by atoms with E-state index in [1.54, 1.807) is 38.5 Å². The molecule has 0 bridgehead atoms. The number of phenols is 1. The Morgan fingerprint density at radius 2 is 1.50 bits per heavy atom.